The largest absolute Gasteiger partial charge is 0.352 e. The highest BCUT2D eigenvalue weighted by molar-refractivity contribution is 6.06. The van der Waals surface area contributed by atoms with E-state index in [1.165, 1.54) is 0 Å². The van der Waals surface area contributed by atoms with Gasteiger partial charge in [0.2, 0.25) is 0 Å². The number of nitrogens with one attached hydrogen (secondary N) is 1. The SMILES string of the molecule is Cc1ccccc1-c1cc(C(=O)NCCc2nnc3ccccn23)c2cnn(C(C)C)c2n1. The molecule has 4 heterocycles. The number of carbonyl (C=O) groups excluding carboxylic acids is 1. The summed E-state index contributed by atoms with van der Waals surface area (Å²) in [6, 6.07) is 15.8. The minimum Gasteiger partial charge on any atom is -0.352 e. The number of carbonyl (C=O) groups is 1. The van der Waals surface area contributed by atoms with E-state index in [0.717, 1.165) is 33.7 Å². The summed E-state index contributed by atoms with van der Waals surface area (Å²) in [4.78, 5) is 18.2. The van der Waals surface area contributed by atoms with Gasteiger partial charge in [0, 0.05) is 30.8 Å². The number of rotatable bonds is 6. The predicted molar refractivity (Wildman–Crippen MR) is 127 cm³/mol. The summed E-state index contributed by atoms with van der Waals surface area (Å²) in [5.74, 6) is 0.647. The molecule has 33 heavy (non-hydrogen) atoms. The van der Waals surface area contributed by atoms with Gasteiger partial charge in [-0.15, -0.1) is 10.2 Å². The normalized spacial score (nSPS) is 11.5. The van der Waals surface area contributed by atoms with Gasteiger partial charge in [0.1, 0.15) is 5.82 Å². The summed E-state index contributed by atoms with van der Waals surface area (Å²) in [5.41, 5.74) is 4.93. The molecule has 1 amide bonds. The van der Waals surface area contributed by atoms with Crippen LogP contribution >= 0.6 is 0 Å². The minimum absolute atomic E-state index is 0.124. The van der Waals surface area contributed by atoms with Gasteiger partial charge in [-0.25, -0.2) is 9.67 Å². The van der Waals surface area contributed by atoms with E-state index in [1.54, 1.807) is 6.20 Å². The molecule has 5 aromatic rings. The third-order valence-corrected chi connectivity index (χ3v) is 5.74. The van der Waals surface area contributed by atoms with Gasteiger partial charge in [-0.05, 0) is 44.5 Å². The maximum Gasteiger partial charge on any atom is 0.252 e. The summed E-state index contributed by atoms with van der Waals surface area (Å²) in [6.07, 6.45) is 4.22. The Kier molecular flexibility index (Phi) is 5.34. The molecular formula is C25H25N7O. The second kappa shape index (κ2) is 8.46. The van der Waals surface area contributed by atoms with E-state index in [1.807, 2.05) is 70.7 Å². The zero-order chi connectivity index (χ0) is 22.9. The number of hydrogen-bond donors (Lipinski definition) is 1. The van der Waals surface area contributed by atoms with Crippen molar-refractivity contribution in [3.05, 3.63) is 77.9 Å². The molecule has 8 nitrogen and oxygen atoms in total. The number of fused-ring (bicyclic) bond motifs is 2. The first-order valence-corrected chi connectivity index (χ1v) is 11.0. The molecule has 1 N–H and O–H groups in total. The Balaban J connectivity index is 1.47. The molecule has 1 aromatic carbocycles. The lowest BCUT2D eigenvalue weighted by Crippen LogP contribution is -2.26. The smallest absolute Gasteiger partial charge is 0.252 e. The molecule has 0 aliphatic rings. The lowest BCUT2D eigenvalue weighted by Gasteiger charge is -2.12. The Bertz CT molecular complexity index is 1460. The Morgan fingerprint density at radius 2 is 1.91 bits per heavy atom. The molecule has 166 valence electrons. The maximum absolute atomic E-state index is 13.3. The Morgan fingerprint density at radius 3 is 2.73 bits per heavy atom. The van der Waals surface area contributed by atoms with Crippen LogP contribution in [0.5, 0.6) is 0 Å². The summed E-state index contributed by atoms with van der Waals surface area (Å²) < 4.78 is 3.79. The Morgan fingerprint density at radius 1 is 1.09 bits per heavy atom. The van der Waals surface area contributed by atoms with Crippen LogP contribution in [-0.2, 0) is 6.42 Å². The van der Waals surface area contributed by atoms with Crippen molar-refractivity contribution in [2.75, 3.05) is 6.54 Å². The Labute approximate surface area is 191 Å². The van der Waals surface area contributed by atoms with Gasteiger partial charge in [-0.2, -0.15) is 5.10 Å². The molecule has 8 heteroatoms. The van der Waals surface area contributed by atoms with Crippen LogP contribution in [0.1, 0.15) is 41.6 Å². The first kappa shape index (κ1) is 20.8. The fourth-order valence-corrected chi connectivity index (χ4v) is 4.03. The average Bonchev–Trinajstić information content (AvgIpc) is 3.43. The second-order valence-corrected chi connectivity index (χ2v) is 8.34. The monoisotopic (exact) mass is 439 g/mol. The topological polar surface area (TPSA) is 90.0 Å². The number of benzene rings is 1. The highest BCUT2D eigenvalue weighted by atomic mass is 16.1. The van der Waals surface area contributed by atoms with Crippen molar-refractivity contribution in [3.8, 4) is 11.3 Å². The third kappa shape index (κ3) is 3.84. The van der Waals surface area contributed by atoms with Crippen molar-refractivity contribution in [2.24, 2.45) is 0 Å². The summed E-state index contributed by atoms with van der Waals surface area (Å²) in [5, 5.41) is 16.7. The van der Waals surface area contributed by atoms with E-state index < -0.39 is 0 Å². The third-order valence-electron chi connectivity index (χ3n) is 5.74. The van der Waals surface area contributed by atoms with Crippen molar-refractivity contribution >= 4 is 22.6 Å². The van der Waals surface area contributed by atoms with Gasteiger partial charge in [0.05, 0.1) is 22.8 Å². The maximum atomic E-state index is 13.3. The van der Waals surface area contributed by atoms with E-state index in [0.29, 0.717) is 24.2 Å². The predicted octanol–water partition coefficient (Wildman–Crippen LogP) is 4.00. The minimum atomic E-state index is -0.158. The first-order valence-electron chi connectivity index (χ1n) is 11.0. The van der Waals surface area contributed by atoms with E-state index in [-0.39, 0.29) is 11.9 Å². The molecule has 5 rings (SSSR count). The second-order valence-electron chi connectivity index (χ2n) is 8.34. The quantitative estimate of drug-likeness (QED) is 0.432. The lowest BCUT2D eigenvalue weighted by atomic mass is 10.0. The average molecular weight is 440 g/mol. The molecule has 0 radical (unpaired) electrons. The molecule has 0 unspecified atom stereocenters. The van der Waals surface area contributed by atoms with Crippen molar-refractivity contribution in [1.29, 1.82) is 0 Å². The lowest BCUT2D eigenvalue weighted by molar-refractivity contribution is 0.0955. The van der Waals surface area contributed by atoms with Gasteiger partial charge in [0.25, 0.3) is 5.91 Å². The zero-order valence-electron chi connectivity index (χ0n) is 18.9. The van der Waals surface area contributed by atoms with Gasteiger partial charge >= 0.3 is 0 Å². The fraction of sp³-hybridized carbons (Fsp3) is 0.240. The van der Waals surface area contributed by atoms with E-state index in [9.17, 15) is 4.79 Å². The standard InChI is InChI=1S/C25H25N7O/c1-16(2)32-24-20(15-27-32)19(14-21(28-24)18-9-5-4-8-17(18)3)25(33)26-12-11-23-30-29-22-10-6-7-13-31(22)23/h4-10,13-16H,11-12H2,1-3H3,(H,26,33). The van der Waals surface area contributed by atoms with Crippen LogP contribution in [0.15, 0.2) is 60.9 Å². The van der Waals surface area contributed by atoms with Crippen LogP contribution in [0.3, 0.4) is 0 Å². The van der Waals surface area contributed by atoms with Gasteiger partial charge in [0.15, 0.2) is 11.3 Å². The van der Waals surface area contributed by atoms with Crippen molar-refractivity contribution in [3.63, 3.8) is 0 Å². The summed E-state index contributed by atoms with van der Waals surface area (Å²) >= 11 is 0. The zero-order valence-corrected chi connectivity index (χ0v) is 18.9. The van der Waals surface area contributed by atoms with Crippen LogP contribution in [0.25, 0.3) is 27.9 Å². The molecular weight excluding hydrogens is 414 g/mol. The van der Waals surface area contributed by atoms with Crippen LogP contribution in [0.4, 0.5) is 0 Å². The van der Waals surface area contributed by atoms with E-state index in [4.69, 9.17) is 4.98 Å². The number of amides is 1. The number of pyridine rings is 2. The summed E-state index contributed by atoms with van der Waals surface area (Å²) in [7, 11) is 0. The number of aromatic nitrogens is 6. The Hall–Kier alpha value is -4.07. The molecule has 4 aromatic heterocycles. The number of nitrogens with zero attached hydrogens (tertiary/aromatic N) is 6. The highest BCUT2D eigenvalue weighted by Gasteiger charge is 2.19. The number of aryl methyl sites for hydroxylation is 1. The van der Waals surface area contributed by atoms with Gasteiger partial charge in [-0.1, -0.05) is 30.3 Å². The molecule has 0 saturated heterocycles. The van der Waals surface area contributed by atoms with Crippen LogP contribution in [0.2, 0.25) is 0 Å². The van der Waals surface area contributed by atoms with Crippen molar-refractivity contribution < 1.29 is 4.79 Å². The van der Waals surface area contributed by atoms with Crippen LogP contribution in [-0.4, -0.2) is 41.8 Å². The highest BCUT2D eigenvalue weighted by Crippen LogP contribution is 2.28. The van der Waals surface area contributed by atoms with Crippen molar-refractivity contribution in [1.82, 2.24) is 34.7 Å². The summed E-state index contributed by atoms with van der Waals surface area (Å²) in [6.45, 7) is 6.59. The molecule has 0 bridgehead atoms. The van der Waals surface area contributed by atoms with Gasteiger partial charge < -0.3 is 5.32 Å². The molecule has 0 spiro atoms. The van der Waals surface area contributed by atoms with E-state index >= 15 is 0 Å². The van der Waals surface area contributed by atoms with Crippen molar-refractivity contribution in [2.45, 2.75) is 33.2 Å². The molecule has 0 saturated carbocycles. The van der Waals surface area contributed by atoms with Crippen LogP contribution < -0.4 is 5.32 Å². The molecule has 0 aliphatic heterocycles. The van der Waals surface area contributed by atoms with Crippen LogP contribution in [0, 0.1) is 6.92 Å². The van der Waals surface area contributed by atoms with Gasteiger partial charge in [-0.3, -0.25) is 9.20 Å². The molecule has 0 atom stereocenters. The number of hydrogen-bond acceptors (Lipinski definition) is 5. The van der Waals surface area contributed by atoms with E-state index in [2.05, 4.69) is 34.5 Å². The first-order chi connectivity index (χ1) is 16.0. The fourth-order valence-electron chi connectivity index (χ4n) is 4.03. The molecule has 0 fully saturated rings. The molecule has 0 aliphatic carbocycles.